The Labute approximate surface area is 219 Å². The number of hydrogen-bond donors (Lipinski definition) is 0. The Balaban J connectivity index is 2.08. The van der Waals surface area contributed by atoms with Gasteiger partial charge < -0.3 is 4.90 Å². The SMILES string of the molecule is C=Cc1c(C)cc[n+]2c1-c1cc(N(C)C(=C)C=CC(=C)C(C)=CC=CC)ccc1C(C)C2(CC)CC. The van der Waals surface area contributed by atoms with Crippen molar-refractivity contribution in [2.24, 2.45) is 0 Å². The van der Waals surface area contributed by atoms with E-state index in [1.807, 2.05) is 37.3 Å². The van der Waals surface area contributed by atoms with Gasteiger partial charge in [0, 0.05) is 48.8 Å². The van der Waals surface area contributed by atoms with Gasteiger partial charge >= 0.3 is 0 Å². The molecule has 1 aromatic heterocycles. The summed E-state index contributed by atoms with van der Waals surface area (Å²) in [6.45, 7) is 26.0. The summed E-state index contributed by atoms with van der Waals surface area (Å²) in [6.07, 6.45) is 16.7. The molecule has 0 spiro atoms. The van der Waals surface area contributed by atoms with Crippen molar-refractivity contribution in [3.05, 3.63) is 114 Å². The van der Waals surface area contributed by atoms with E-state index in [1.54, 1.807) is 0 Å². The maximum atomic E-state index is 4.34. The van der Waals surface area contributed by atoms with Crippen molar-refractivity contribution in [3.63, 3.8) is 0 Å². The highest BCUT2D eigenvalue weighted by Crippen LogP contribution is 2.47. The minimum absolute atomic E-state index is 0.0479. The number of pyridine rings is 1. The molecule has 0 aliphatic carbocycles. The molecular formula is C34H43N2+. The van der Waals surface area contributed by atoms with E-state index >= 15 is 0 Å². The van der Waals surface area contributed by atoms with Gasteiger partial charge in [0.25, 0.3) is 0 Å². The largest absolute Gasteiger partial charge is 0.345 e. The molecular weight excluding hydrogens is 436 g/mol. The minimum atomic E-state index is 0.0479. The summed E-state index contributed by atoms with van der Waals surface area (Å²) in [4.78, 5) is 2.15. The lowest BCUT2D eigenvalue weighted by atomic mass is 9.70. The Hall–Kier alpha value is -3.39. The zero-order valence-corrected chi connectivity index (χ0v) is 23.4. The standard InChI is InChI=1S/C34H43N2/c1-11-15-16-24(5)25(6)17-18-27(8)35(10)29-19-20-31-28(9)34(13-3,14-4)36-22-21-26(7)30(12-2)33(36)32(31)23-29/h11-12,15-23,28H,2,6,8,13-14H2,1,3-5,7,9-10H3/q+1. The maximum Gasteiger partial charge on any atom is 0.220 e. The number of hydrogen-bond acceptors (Lipinski definition) is 1. The number of likely N-dealkylation sites (N-methyl/N-ethyl adjacent to an activating group) is 1. The van der Waals surface area contributed by atoms with Crippen LogP contribution in [0.15, 0.2) is 97.4 Å². The number of allylic oxidation sites excluding steroid dienone is 7. The molecule has 1 aliphatic heterocycles. The van der Waals surface area contributed by atoms with E-state index in [9.17, 15) is 0 Å². The van der Waals surface area contributed by atoms with Crippen LogP contribution in [0.2, 0.25) is 0 Å². The topological polar surface area (TPSA) is 7.12 Å². The number of benzene rings is 1. The predicted octanol–water partition coefficient (Wildman–Crippen LogP) is 8.81. The molecule has 1 aliphatic rings. The third-order valence-corrected chi connectivity index (χ3v) is 8.21. The van der Waals surface area contributed by atoms with Crippen molar-refractivity contribution in [1.29, 1.82) is 0 Å². The van der Waals surface area contributed by atoms with Gasteiger partial charge in [-0.15, -0.1) is 0 Å². The fraction of sp³-hybridized carbons (Fsp3) is 0.324. The van der Waals surface area contributed by atoms with Crippen LogP contribution >= 0.6 is 0 Å². The lowest BCUT2D eigenvalue weighted by Crippen LogP contribution is -2.62. The van der Waals surface area contributed by atoms with E-state index in [2.05, 4.69) is 107 Å². The van der Waals surface area contributed by atoms with Crippen LogP contribution in [0, 0.1) is 6.92 Å². The van der Waals surface area contributed by atoms with Crippen LogP contribution in [0.3, 0.4) is 0 Å². The first-order chi connectivity index (χ1) is 17.2. The van der Waals surface area contributed by atoms with Gasteiger partial charge in [-0.25, -0.2) is 0 Å². The number of rotatable bonds is 9. The van der Waals surface area contributed by atoms with Gasteiger partial charge in [0.15, 0.2) is 11.7 Å². The molecule has 2 nitrogen and oxygen atoms in total. The van der Waals surface area contributed by atoms with Crippen LogP contribution < -0.4 is 9.47 Å². The molecule has 2 aromatic rings. The molecule has 0 N–H and O–H groups in total. The Morgan fingerprint density at radius 3 is 2.44 bits per heavy atom. The van der Waals surface area contributed by atoms with Crippen molar-refractivity contribution in [2.45, 2.75) is 65.8 Å². The molecule has 36 heavy (non-hydrogen) atoms. The van der Waals surface area contributed by atoms with Gasteiger partial charge in [-0.2, -0.15) is 4.57 Å². The fourth-order valence-electron chi connectivity index (χ4n) is 5.56. The van der Waals surface area contributed by atoms with E-state index in [-0.39, 0.29) is 5.54 Å². The number of aromatic nitrogens is 1. The zero-order valence-electron chi connectivity index (χ0n) is 23.4. The number of anilines is 1. The van der Waals surface area contributed by atoms with Crippen LogP contribution in [0.25, 0.3) is 17.3 Å². The summed E-state index contributed by atoms with van der Waals surface area (Å²) in [6, 6.07) is 9.12. The number of nitrogens with zero attached hydrogens (tertiary/aromatic N) is 2. The van der Waals surface area contributed by atoms with Crippen molar-refractivity contribution >= 4 is 11.8 Å². The van der Waals surface area contributed by atoms with Crippen LogP contribution in [0.5, 0.6) is 0 Å². The van der Waals surface area contributed by atoms with Gasteiger partial charge in [-0.05, 0) is 61.3 Å². The van der Waals surface area contributed by atoms with E-state index in [4.69, 9.17) is 0 Å². The summed E-state index contributed by atoms with van der Waals surface area (Å²) in [5.74, 6) is 0.401. The predicted molar refractivity (Wildman–Crippen MR) is 158 cm³/mol. The average molecular weight is 480 g/mol. The van der Waals surface area contributed by atoms with Gasteiger partial charge in [-0.3, -0.25) is 0 Å². The van der Waals surface area contributed by atoms with Crippen LogP contribution in [0.1, 0.15) is 70.1 Å². The fourth-order valence-corrected chi connectivity index (χ4v) is 5.56. The lowest BCUT2D eigenvalue weighted by molar-refractivity contribution is -0.762. The minimum Gasteiger partial charge on any atom is -0.345 e. The summed E-state index contributed by atoms with van der Waals surface area (Å²) in [7, 11) is 2.08. The van der Waals surface area contributed by atoms with E-state index in [0.29, 0.717) is 5.92 Å². The quantitative estimate of drug-likeness (QED) is 0.257. The molecule has 0 bridgehead atoms. The Morgan fingerprint density at radius 1 is 1.14 bits per heavy atom. The van der Waals surface area contributed by atoms with Crippen LogP contribution in [0.4, 0.5) is 5.69 Å². The summed E-state index contributed by atoms with van der Waals surface area (Å²) in [5, 5.41) is 0. The van der Waals surface area contributed by atoms with Crippen molar-refractivity contribution < 1.29 is 4.57 Å². The average Bonchev–Trinajstić information content (AvgIpc) is 2.90. The highest BCUT2D eigenvalue weighted by molar-refractivity contribution is 5.78. The molecule has 1 atom stereocenters. The highest BCUT2D eigenvalue weighted by Gasteiger charge is 2.49. The Morgan fingerprint density at radius 2 is 1.83 bits per heavy atom. The molecule has 1 aromatic carbocycles. The normalized spacial score (nSPS) is 16.6. The molecule has 0 saturated heterocycles. The third kappa shape index (κ3) is 4.69. The van der Waals surface area contributed by atoms with Crippen molar-refractivity contribution in [3.8, 4) is 11.3 Å². The Bertz CT molecular complexity index is 1260. The van der Waals surface area contributed by atoms with Crippen molar-refractivity contribution in [1.82, 2.24) is 0 Å². The molecule has 188 valence electrons. The maximum absolute atomic E-state index is 4.34. The van der Waals surface area contributed by atoms with Gasteiger partial charge in [0.1, 0.15) is 0 Å². The molecule has 0 fully saturated rings. The van der Waals surface area contributed by atoms with E-state index in [0.717, 1.165) is 35.4 Å². The van der Waals surface area contributed by atoms with Crippen LogP contribution in [-0.2, 0) is 5.54 Å². The number of aryl methyl sites for hydroxylation is 1. The Kier molecular flexibility index (Phi) is 8.40. The van der Waals surface area contributed by atoms with E-state index < -0.39 is 0 Å². The molecule has 2 heterocycles. The second-order valence-electron chi connectivity index (χ2n) is 9.92. The summed E-state index contributed by atoms with van der Waals surface area (Å²) >= 11 is 0. The summed E-state index contributed by atoms with van der Waals surface area (Å²) in [5.41, 5.74) is 10.6. The van der Waals surface area contributed by atoms with E-state index in [1.165, 1.54) is 27.9 Å². The zero-order chi connectivity index (χ0) is 26.6. The number of fused-ring (bicyclic) bond motifs is 3. The first-order valence-corrected chi connectivity index (χ1v) is 13.1. The second kappa shape index (κ2) is 11.1. The molecule has 3 rings (SSSR count). The lowest BCUT2D eigenvalue weighted by Gasteiger charge is -2.39. The van der Waals surface area contributed by atoms with Gasteiger partial charge in [0.2, 0.25) is 5.69 Å². The molecule has 2 heteroatoms. The second-order valence-corrected chi connectivity index (χ2v) is 9.92. The molecule has 1 unspecified atom stereocenters. The van der Waals surface area contributed by atoms with Gasteiger partial charge in [0.05, 0.1) is 5.56 Å². The first kappa shape index (κ1) is 27.2. The molecule has 0 amide bonds. The monoisotopic (exact) mass is 479 g/mol. The molecule has 0 saturated carbocycles. The van der Waals surface area contributed by atoms with Gasteiger partial charge in [-0.1, -0.05) is 77.0 Å². The smallest absolute Gasteiger partial charge is 0.220 e. The van der Waals surface area contributed by atoms with Crippen LogP contribution in [-0.4, -0.2) is 7.05 Å². The molecule has 0 radical (unpaired) electrons. The first-order valence-electron chi connectivity index (χ1n) is 13.1. The third-order valence-electron chi connectivity index (χ3n) is 8.21. The van der Waals surface area contributed by atoms with Crippen molar-refractivity contribution in [2.75, 3.05) is 11.9 Å². The highest BCUT2D eigenvalue weighted by atomic mass is 15.1. The summed E-state index contributed by atoms with van der Waals surface area (Å²) < 4.78 is 2.53.